The first kappa shape index (κ1) is 8.14. The van der Waals surface area contributed by atoms with Crippen LogP contribution in [0.4, 0.5) is 0 Å². The van der Waals surface area contributed by atoms with Crippen molar-refractivity contribution >= 4 is 17.2 Å². The lowest BCUT2D eigenvalue weighted by atomic mass is 10.3. The Morgan fingerprint density at radius 2 is 2.18 bits per heavy atom. The molecule has 0 atom stereocenters. The van der Waals surface area contributed by atoms with E-state index < -0.39 is 0 Å². The first-order valence-corrected chi connectivity index (χ1v) is 3.83. The SMILES string of the molecule is CC(=S)NCc1ccncc1. The zero-order valence-corrected chi connectivity index (χ0v) is 7.19. The zero-order chi connectivity index (χ0) is 8.10. The molecule has 0 amide bonds. The van der Waals surface area contributed by atoms with E-state index in [1.807, 2.05) is 19.1 Å². The minimum Gasteiger partial charge on any atom is -0.376 e. The van der Waals surface area contributed by atoms with E-state index in [0.29, 0.717) is 0 Å². The van der Waals surface area contributed by atoms with Crippen molar-refractivity contribution in [2.75, 3.05) is 0 Å². The molecular formula is C8H10N2S. The zero-order valence-electron chi connectivity index (χ0n) is 6.37. The highest BCUT2D eigenvalue weighted by Crippen LogP contribution is 1.94. The van der Waals surface area contributed by atoms with Crippen LogP contribution in [0.25, 0.3) is 0 Å². The Labute approximate surface area is 71.7 Å². The summed E-state index contributed by atoms with van der Waals surface area (Å²) in [6.45, 7) is 2.66. The van der Waals surface area contributed by atoms with Crippen LogP contribution in [0.2, 0.25) is 0 Å². The highest BCUT2D eigenvalue weighted by Gasteiger charge is 1.89. The van der Waals surface area contributed by atoms with Gasteiger partial charge >= 0.3 is 0 Å². The van der Waals surface area contributed by atoms with E-state index in [0.717, 1.165) is 11.5 Å². The van der Waals surface area contributed by atoms with Crippen molar-refractivity contribution in [2.45, 2.75) is 13.5 Å². The quantitative estimate of drug-likeness (QED) is 0.674. The van der Waals surface area contributed by atoms with E-state index in [9.17, 15) is 0 Å². The molecular weight excluding hydrogens is 156 g/mol. The number of thiocarbonyl (C=S) groups is 1. The fourth-order valence-corrected chi connectivity index (χ4v) is 0.799. The summed E-state index contributed by atoms with van der Waals surface area (Å²) in [5.74, 6) is 0. The van der Waals surface area contributed by atoms with Crippen molar-refractivity contribution in [1.29, 1.82) is 0 Å². The Balaban J connectivity index is 2.45. The summed E-state index contributed by atoms with van der Waals surface area (Å²) >= 11 is 4.87. The molecule has 2 nitrogen and oxygen atoms in total. The second-order valence-electron chi connectivity index (χ2n) is 2.27. The standard InChI is InChI=1S/C8H10N2S/c1-7(11)10-6-8-2-4-9-5-3-8/h2-5H,6H2,1H3,(H,10,11). The Kier molecular flexibility index (Phi) is 2.98. The van der Waals surface area contributed by atoms with E-state index in [-0.39, 0.29) is 0 Å². The van der Waals surface area contributed by atoms with Crippen molar-refractivity contribution in [3.63, 3.8) is 0 Å². The molecule has 0 aliphatic carbocycles. The van der Waals surface area contributed by atoms with Gasteiger partial charge in [-0.05, 0) is 24.6 Å². The molecule has 3 heteroatoms. The van der Waals surface area contributed by atoms with Gasteiger partial charge in [-0.25, -0.2) is 0 Å². The topological polar surface area (TPSA) is 24.9 Å². The fraction of sp³-hybridized carbons (Fsp3) is 0.250. The van der Waals surface area contributed by atoms with Crippen LogP contribution >= 0.6 is 12.2 Å². The van der Waals surface area contributed by atoms with Crippen molar-refractivity contribution in [3.05, 3.63) is 30.1 Å². The number of hydrogen-bond acceptors (Lipinski definition) is 2. The molecule has 0 unspecified atom stereocenters. The lowest BCUT2D eigenvalue weighted by molar-refractivity contribution is 0.920. The van der Waals surface area contributed by atoms with Gasteiger partial charge in [-0.15, -0.1) is 0 Å². The summed E-state index contributed by atoms with van der Waals surface area (Å²) in [5.41, 5.74) is 1.20. The van der Waals surface area contributed by atoms with Crippen LogP contribution in [0.3, 0.4) is 0 Å². The van der Waals surface area contributed by atoms with Crippen LogP contribution in [0.5, 0.6) is 0 Å². The third-order valence-electron chi connectivity index (χ3n) is 1.29. The molecule has 0 bridgehead atoms. The van der Waals surface area contributed by atoms with Gasteiger partial charge in [-0.3, -0.25) is 4.98 Å². The fourth-order valence-electron chi connectivity index (χ4n) is 0.727. The van der Waals surface area contributed by atoms with E-state index in [1.165, 1.54) is 5.56 Å². The molecule has 0 aliphatic heterocycles. The summed E-state index contributed by atoms with van der Waals surface area (Å²) in [6.07, 6.45) is 3.55. The van der Waals surface area contributed by atoms with Gasteiger partial charge in [0, 0.05) is 18.9 Å². The maximum Gasteiger partial charge on any atom is 0.0724 e. The molecule has 58 valence electrons. The summed E-state index contributed by atoms with van der Waals surface area (Å²) in [6, 6.07) is 3.93. The number of aromatic nitrogens is 1. The van der Waals surface area contributed by atoms with Gasteiger partial charge in [0.2, 0.25) is 0 Å². The lowest BCUT2D eigenvalue weighted by Crippen LogP contribution is -2.16. The molecule has 1 heterocycles. The molecule has 11 heavy (non-hydrogen) atoms. The lowest BCUT2D eigenvalue weighted by Gasteiger charge is -2.01. The van der Waals surface area contributed by atoms with Crippen LogP contribution in [-0.2, 0) is 6.54 Å². The molecule has 1 rings (SSSR count). The van der Waals surface area contributed by atoms with E-state index in [4.69, 9.17) is 12.2 Å². The Hall–Kier alpha value is -0.960. The Morgan fingerprint density at radius 3 is 2.73 bits per heavy atom. The van der Waals surface area contributed by atoms with Crippen molar-refractivity contribution in [3.8, 4) is 0 Å². The number of pyridine rings is 1. The van der Waals surface area contributed by atoms with Crippen LogP contribution in [0.1, 0.15) is 12.5 Å². The maximum absolute atomic E-state index is 4.87. The number of hydrogen-bond donors (Lipinski definition) is 1. The summed E-state index contributed by atoms with van der Waals surface area (Å²) in [5, 5.41) is 3.07. The first-order chi connectivity index (χ1) is 5.29. The van der Waals surface area contributed by atoms with E-state index >= 15 is 0 Å². The molecule has 0 fully saturated rings. The predicted octanol–water partition coefficient (Wildman–Crippen LogP) is 1.52. The van der Waals surface area contributed by atoms with Crippen LogP contribution in [-0.4, -0.2) is 9.97 Å². The van der Waals surface area contributed by atoms with E-state index in [1.54, 1.807) is 12.4 Å². The highest BCUT2D eigenvalue weighted by molar-refractivity contribution is 7.80. The van der Waals surface area contributed by atoms with Crippen LogP contribution in [0.15, 0.2) is 24.5 Å². The number of nitrogens with zero attached hydrogens (tertiary/aromatic N) is 1. The number of rotatable bonds is 2. The Morgan fingerprint density at radius 1 is 1.55 bits per heavy atom. The van der Waals surface area contributed by atoms with Gasteiger partial charge in [0.05, 0.1) is 4.99 Å². The molecule has 0 aromatic carbocycles. The predicted molar refractivity (Wildman–Crippen MR) is 49.3 cm³/mol. The Bertz CT molecular complexity index is 233. The molecule has 1 aromatic rings. The number of nitrogens with one attached hydrogen (secondary N) is 1. The molecule has 1 N–H and O–H groups in total. The van der Waals surface area contributed by atoms with Gasteiger partial charge in [0.25, 0.3) is 0 Å². The molecule has 0 saturated heterocycles. The van der Waals surface area contributed by atoms with E-state index in [2.05, 4.69) is 10.3 Å². The smallest absolute Gasteiger partial charge is 0.0724 e. The highest BCUT2D eigenvalue weighted by atomic mass is 32.1. The minimum absolute atomic E-state index is 0.790. The van der Waals surface area contributed by atoms with Gasteiger partial charge in [0.15, 0.2) is 0 Å². The third kappa shape index (κ3) is 3.09. The molecule has 0 spiro atoms. The van der Waals surface area contributed by atoms with Crippen molar-refractivity contribution in [1.82, 2.24) is 10.3 Å². The van der Waals surface area contributed by atoms with Gasteiger partial charge in [0.1, 0.15) is 0 Å². The van der Waals surface area contributed by atoms with Crippen LogP contribution in [0, 0.1) is 0 Å². The first-order valence-electron chi connectivity index (χ1n) is 3.42. The third-order valence-corrected chi connectivity index (χ3v) is 1.44. The molecule has 1 aromatic heterocycles. The summed E-state index contributed by atoms with van der Waals surface area (Å²) in [7, 11) is 0. The second-order valence-corrected chi connectivity index (χ2v) is 2.88. The molecule has 0 saturated carbocycles. The average Bonchev–Trinajstić information content (AvgIpc) is 2.03. The summed E-state index contributed by atoms with van der Waals surface area (Å²) in [4.78, 5) is 4.73. The minimum atomic E-state index is 0.790. The maximum atomic E-state index is 4.87. The second kappa shape index (κ2) is 4.03. The van der Waals surface area contributed by atoms with Gasteiger partial charge in [-0.2, -0.15) is 0 Å². The normalized spacial score (nSPS) is 9.18. The van der Waals surface area contributed by atoms with Crippen molar-refractivity contribution in [2.24, 2.45) is 0 Å². The van der Waals surface area contributed by atoms with Gasteiger partial charge in [-0.1, -0.05) is 12.2 Å². The van der Waals surface area contributed by atoms with Crippen LogP contribution < -0.4 is 5.32 Å². The monoisotopic (exact) mass is 166 g/mol. The molecule has 0 radical (unpaired) electrons. The molecule has 0 aliphatic rings. The van der Waals surface area contributed by atoms with Gasteiger partial charge < -0.3 is 5.32 Å². The average molecular weight is 166 g/mol. The summed E-state index contributed by atoms with van der Waals surface area (Å²) < 4.78 is 0. The van der Waals surface area contributed by atoms with Crippen molar-refractivity contribution < 1.29 is 0 Å². The largest absolute Gasteiger partial charge is 0.376 e.